The summed E-state index contributed by atoms with van der Waals surface area (Å²) in [4.78, 5) is 12.5. The van der Waals surface area contributed by atoms with Gasteiger partial charge in [-0.15, -0.1) is 0 Å². The standard InChI is InChI=1S/C66H129NO4/c1-3-5-7-9-11-13-15-17-19-21-23-24-25-26-27-28-29-30-31-32-33-34-35-36-37-38-39-40-41-42-43-45-47-49-51-53-55-57-59-61-65(70)67-63(62-68)66(71)64(69)60-58-56-54-52-50-48-46-44-22-20-18-16-14-12-10-8-6-4-2/h29-30,32-33,63-64,66,68-69,71H,3-28,31,34-62H2,1-2H3,(H,67,70)/b30-29-,33-32-. The second kappa shape index (κ2) is 61.4. The quantitative estimate of drug-likeness (QED) is 0.0361. The van der Waals surface area contributed by atoms with Crippen LogP contribution in [0, 0.1) is 0 Å². The van der Waals surface area contributed by atoms with Crippen molar-refractivity contribution in [2.45, 2.75) is 385 Å². The average Bonchev–Trinajstić information content (AvgIpc) is 3.37. The van der Waals surface area contributed by atoms with Crippen LogP contribution in [-0.4, -0.2) is 46.1 Å². The van der Waals surface area contributed by atoms with E-state index in [9.17, 15) is 20.1 Å². The second-order valence-electron chi connectivity index (χ2n) is 22.7. The maximum atomic E-state index is 12.5. The van der Waals surface area contributed by atoms with E-state index in [4.69, 9.17) is 0 Å². The molecule has 0 aromatic heterocycles. The lowest BCUT2D eigenvalue weighted by Gasteiger charge is -2.26. The molecule has 5 nitrogen and oxygen atoms in total. The van der Waals surface area contributed by atoms with Crippen molar-refractivity contribution in [1.29, 1.82) is 0 Å². The van der Waals surface area contributed by atoms with E-state index in [0.29, 0.717) is 12.8 Å². The molecule has 0 fully saturated rings. The monoisotopic (exact) mass is 1000 g/mol. The van der Waals surface area contributed by atoms with Crippen LogP contribution < -0.4 is 5.32 Å². The second-order valence-corrected chi connectivity index (χ2v) is 22.7. The maximum absolute atomic E-state index is 12.5. The van der Waals surface area contributed by atoms with Gasteiger partial charge in [0.25, 0.3) is 0 Å². The Kier molecular flexibility index (Phi) is 60.4. The molecule has 5 heteroatoms. The Hall–Kier alpha value is -1.17. The summed E-state index contributed by atoms with van der Waals surface area (Å²) in [6.45, 7) is 4.22. The third-order valence-electron chi connectivity index (χ3n) is 15.6. The third kappa shape index (κ3) is 56.4. The van der Waals surface area contributed by atoms with Gasteiger partial charge in [0.15, 0.2) is 0 Å². The van der Waals surface area contributed by atoms with E-state index in [-0.39, 0.29) is 12.5 Å². The summed E-state index contributed by atoms with van der Waals surface area (Å²) in [6.07, 6.45) is 79.5. The highest BCUT2D eigenvalue weighted by atomic mass is 16.3. The smallest absolute Gasteiger partial charge is 0.220 e. The number of unbranched alkanes of at least 4 members (excludes halogenated alkanes) is 49. The van der Waals surface area contributed by atoms with Crippen LogP contribution >= 0.6 is 0 Å². The van der Waals surface area contributed by atoms with Crippen molar-refractivity contribution >= 4 is 5.91 Å². The van der Waals surface area contributed by atoms with Crippen LogP contribution in [0.4, 0.5) is 0 Å². The number of carbonyl (C=O) groups excluding carboxylic acids is 1. The Morgan fingerprint density at radius 2 is 0.606 bits per heavy atom. The van der Waals surface area contributed by atoms with Crippen molar-refractivity contribution in [2.24, 2.45) is 0 Å². The minimum atomic E-state index is -1.14. The van der Waals surface area contributed by atoms with E-state index in [1.54, 1.807) is 0 Å². The maximum Gasteiger partial charge on any atom is 0.220 e. The molecule has 3 unspecified atom stereocenters. The van der Waals surface area contributed by atoms with Crippen LogP contribution in [0.1, 0.15) is 367 Å². The first-order valence-electron chi connectivity index (χ1n) is 32.6. The Labute approximate surface area is 445 Å². The number of amides is 1. The summed E-state index contributed by atoms with van der Waals surface area (Å²) >= 11 is 0. The first kappa shape index (κ1) is 69.8. The molecule has 0 bridgehead atoms. The number of hydrogen-bond acceptors (Lipinski definition) is 4. The fourth-order valence-corrected chi connectivity index (χ4v) is 10.6. The Bertz CT molecular complexity index is 1060. The van der Waals surface area contributed by atoms with E-state index >= 15 is 0 Å². The van der Waals surface area contributed by atoms with Crippen molar-refractivity contribution in [1.82, 2.24) is 5.32 Å². The Balaban J connectivity index is 3.45. The molecule has 71 heavy (non-hydrogen) atoms. The van der Waals surface area contributed by atoms with Crippen molar-refractivity contribution in [3.63, 3.8) is 0 Å². The van der Waals surface area contributed by atoms with Gasteiger partial charge in [-0.1, -0.05) is 340 Å². The zero-order chi connectivity index (χ0) is 51.4. The van der Waals surface area contributed by atoms with Crippen molar-refractivity contribution in [2.75, 3.05) is 6.61 Å². The van der Waals surface area contributed by atoms with E-state index in [1.165, 1.54) is 302 Å². The molecule has 3 atom stereocenters. The molecule has 422 valence electrons. The van der Waals surface area contributed by atoms with E-state index in [2.05, 4.69) is 43.5 Å². The average molecular weight is 1000 g/mol. The first-order valence-corrected chi connectivity index (χ1v) is 32.6. The molecule has 0 aliphatic carbocycles. The minimum absolute atomic E-state index is 0.138. The Morgan fingerprint density at radius 1 is 0.352 bits per heavy atom. The fourth-order valence-electron chi connectivity index (χ4n) is 10.6. The van der Waals surface area contributed by atoms with Crippen LogP contribution in [-0.2, 0) is 4.79 Å². The molecule has 0 aromatic carbocycles. The molecule has 0 aliphatic heterocycles. The lowest BCUT2D eigenvalue weighted by Crippen LogP contribution is -2.50. The molecular weight excluding hydrogens is 871 g/mol. The van der Waals surface area contributed by atoms with Gasteiger partial charge in [-0.2, -0.15) is 0 Å². The van der Waals surface area contributed by atoms with Crippen LogP contribution in [0.25, 0.3) is 0 Å². The summed E-state index contributed by atoms with van der Waals surface area (Å²) in [6, 6.07) is -0.808. The number of carbonyl (C=O) groups is 1. The summed E-state index contributed by atoms with van der Waals surface area (Å²) < 4.78 is 0. The zero-order valence-corrected chi connectivity index (χ0v) is 48.4. The molecule has 0 aromatic rings. The molecule has 0 radical (unpaired) electrons. The van der Waals surface area contributed by atoms with Crippen molar-refractivity contribution < 1.29 is 20.1 Å². The van der Waals surface area contributed by atoms with Gasteiger partial charge in [-0.3, -0.25) is 4.79 Å². The van der Waals surface area contributed by atoms with Gasteiger partial charge in [0.05, 0.1) is 18.8 Å². The first-order chi connectivity index (χ1) is 35.1. The molecule has 0 heterocycles. The number of aliphatic hydroxyl groups is 3. The van der Waals surface area contributed by atoms with E-state index in [0.717, 1.165) is 38.5 Å². The van der Waals surface area contributed by atoms with Crippen molar-refractivity contribution in [3.8, 4) is 0 Å². The molecule has 1 amide bonds. The SMILES string of the molecule is CCCCCCCCCCCCCCCCC/C=C\C/C=C\CCCCCCCCCCCCCCCCCCCC(=O)NC(CO)C(O)C(O)CCCCCCCCCCCCCCCCCCCC. The van der Waals surface area contributed by atoms with Gasteiger partial charge in [-0.25, -0.2) is 0 Å². The van der Waals surface area contributed by atoms with Gasteiger partial charge in [0.1, 0.15) is 6.10 Å². The topological polar surface area (TPSA) is 89.8 Å². The van der Waals surface area contributed by atoms with Crippen LogP contribution in [0.5, 0.6) is 0 Å². The highest BCUT2D eigenvalue weighted by Crippen LogP contribution is 2.19. The van der Waals surface area contributed by atoms with Crippen LogP contribution in [0.3, 0.4) is 0 Å². The zero-order valence-electron chi connectivity index (χ0n) is 48.4. The predicted octanol–water partition coefficient (Wildman–Crippen LogP) is 20.8. The van der Waals surface area contributed by atoms with Crippen LogP contribution in [0.15, 0.2) is 24.3 Å². The summed E-state index contributed by atoms with van der Waals surface area (Å²) in [7, 11) is 0. The molecule has 0 spiro atoms. The minimum Gasteiger partial charge on any atom is -0.394 e. The molecule has 0 rings (SSSR count). The Morgan fingerprint density at radius 3 is 0.887 bits per heavy atom. The fraction of sp³-hybridized carbons (Fsp3) is 0.924. The highest BCUT2D eigenvalue weighted by Gasteiger charge is 2.26. The lowest BCUT2D eigenvalue weighted by atomic mass is 9.99. The molecular formula is C66H129NO4. The van der Waals surface area contributed by atoms with Gasteiger partial charge < -0.3 is 20.6 Å². The number of rotatable bonds is 61. The third-order valence-corrected chi connectivity index (χ3v) is 15.6. The highest BCUT2D eigenvalue weighted by molar-refractivity contribution is 5.76. The molecule has 4 N–H and O–H groups in total. The van der Waals surface area contributed by atoms with E-state index in [1.807, 2.05) is 0 Å². The van der Waals surface area contributed by atoms with Crippen molar-refractivity contribution in [3.05, 3.63) is 24.3 Å². The number of aliphatic hydroxyl groups excluding tert-OH is 3. The normalized spacial score (nSPS) is 13.3. The number of nitrogens with one attached hydrogen (secondary N) is 1. The summed E-state index contributed by atoms with van der Waals surface area (Å²) in [5.41, 5.74) is 0. The van der Waals surface area contributed by atoms with Gasteiger partial charge in [0, 0.05) is 6.42 Å². The predicted molar refractivity (Wildman–Crippen MR) is 315 cm³/mol. The van der Waals surface area contributed by atoms with Crippen LogP contribution in [0.2, 0.25) is 0 Å². The van der Waals surface area contributed by atoms with Gasteiger partial charge in [0.2, 0.25) is 5.91 Å². The number of allylic oxidation sites excluding steroid dienone is 4. The van der Waals surface area contributed by atoms with Gasteiger partial charge >= 0.3 is 0 Å². The van der Waals surface area contributed by atoms with E-state index < -0.39 is 18.2 Å². The molecule has 0 saturated heterocycles. The number of hydrogen-bond donors (Lipinski definition) is 4. The molecule has 0 aliphatic rings. The molecule has 0 saturated carbocycles. The largest absolute Gasteiger partial charge is 0.394 e. The lowest BCUT2D eigenvalue weighted by molar-refractivity contribution is -0.124. The summed E-state index contributed by atoms with van der Waals surface area (Å²) in [5, 5.41) is 33.8. The summed E-state index contributed by atoms with van der Waals surface area (Å²) in [5.74, 6) is -0.138. The van der Waals surface area contributed by atoms with Gasteiger partial charge in [-0.05, 0) is 44.9 Å².